The molecule has 0 aromatic heterocycles. The minimum Gasteiger partial charge on any atom is -0.523 e. The van der Waals surface area contributed by atoms with Gasteiger partial charge in [0.25, 0.3) is 5.97 Å². The lowest BCUT2D eigenvalue weighted by atomic mass is 9.87. The third kappa shape index (κ3) is 20.4. The van der Waals surface area contributed by atoms with Gasteiger partial charge in [-0.25, -0.2) is 0 Å². The van der Waals surface area contributed by atoms with Crippen molar-refractivity contribution in [2.75, 3.05) is 0 Å². The molecule has 0 aromatic rings. The van der Waals surface area contributed by atoms with E-state index in [0.717, 1.165) is 19.3 Å². The number of hydrogen-bond acceptors (Lipinski definition) is 3. The van der Waals surface area contributed by atoms with Crippen molar-refractivity contribution >= 4 is 28.4 Å². The maximum Gasteiger partial charge on any atom is 0.297 e. The smallest absolute Gasteiger partial charge is 0.297 e. The monoisotopic (exact) mass is 472 g/mol. The molecule has 0 amide bonds. The Hall–Kier alpha value is 0.0369. The van der Waals surface area contributed by atoms with E-state index in [2.05, 4.69) is 40.3 Å². The zero-order valence-corrected chi connectivity index (χ0v) is 24.0. The van der Waals surface area contributed by atoms with Crippen molar-refractivity contribution < 1.29 is 9.22 Å². The Labute approximate surface area is 203 Å². The maximum atomic E-state index is 12.5. The summed E-state index contributed by atoms with van der Waals surface area (Å²) in [5, 5.41) is 0. The molecule has 0 bridgehead atoms. The highest BCUT2D eigenvalue weighted by atomic mass is 32.1. The molecule has 4 heteroatoms. The van der Waals surface area contributed by atoms with E-state index in [9.17, 15) is 4.79 Å². The molecule has 0 aliphatic carbocycles. The first kappa shape index (κ1) is 31.0. The van der Waals surface area contributed by atoms with Gasteiger partial charge in [0.1, 0.15) is 0 Å². The molecular formula is C27H56O2SSi. The standard InChI is InChI=1S/C27H56O2SSi/c1-5-7-9-11-12-13-14-15-16-17-18-19-20-22-24-27(3,4)26(28)29-31-25(30)23-21-10-8-6-2/h25,30H,5-24,31H2,1-4H3. The van der Waals surface area contributed by atoms with Crippen LogP contribution < -0.4 is 0 Å². The topological polar surface area (TPSA) is 26.3 Å². The van der Waals surface area contributed by atoms with Gasteiger partial charge >= 0.3 is 0 Å². The zero-order chi connectivity index (χ0) is 23.2. The summed E-state index contributed by atoms with van der Waals surface area (Å²) in [5.74, 6) is 0.0152. The Morgan fingerprint density at radius 2 is 1.10 bits per heavy atom. The van der Waals surface area contributed by atoms with Crippen LogP contribution in [0.2, 0.25) is 0 Å². The summed E-state index contributed by atoms with van der Waals surface area (Å²) in [6.45, 7) is 8.63. The van der Waals surface area contributed by atoms with Crippen LogP contribution in [-0.4, -0.2) is 20.6 Å². The number of carbonyl (C=O) groups is 1. The third-order valence-electron chi connectivity index (χ3n) is 6.51. The van der Waals surface area contributed by atoms with Crippen molar-refractivity contribution in [1.82, 2.24) is 0 Å². The van der Waals surface area contributed by atoms with Gasteiger partial charge in [0.05, 0.1) is 5.41 Å². The van der Waals surface area contributed by atoms with E-state index in [0.29, 0.717) is 4.87 Å². The minimum atomic E-state index is -0.866. The second-order valence-corrected chi connectivity index (χ2v) is 13.4. The molecule has 0 saturated carbocycles. The van der Waals surface area contributed by atoms with Gasteiger partial charge in [0.15, 0.2) is 0 Å². The Morgan fingerprint density at radius 1 is 0.710 bits per heavy atom. The highest BCUT2D eigenvalue weighted by Crippen LogP contribution is 2.26. The van der Waals surface area contributed by atoms with E-state index >= 15 is 0 Å². The molecule has 1 unspecified atom stereocenters. The second-order valence-electron chi connectivity index (χ2n) is 10.3. The lowest BCUT2D eigenvalue weighted by Crippen LogP contribution is -2.30. The van der Waals surface area contributed by atoms with E-state index in [1.165, 1.54) is 109 Å². The Balaban J connectivity index is 3.56. The first-order chi connectivity index (χ1) is 14.9. The largest absolute Gasteiger partial charge is 0.523 e. The fourth-order valence-electron chi connectivity index (χ4n) is 4.12. The predicted octanol–water partition coefficient (Wildman–Crippen LogP) is 8.74. The van der Waals surface area contributed by atoms with Crippen molar-refractivity contribution in [2.45, 2.75) is 161 Å². The molecule has 0 rings (SSSR count). The summed E-state index contributed by atoms with van der Waals surface area (Å²) in [5.41, 5.74) is -0.333. The van der Waals surface area contributed by atoms with E-state index in [1.807, 2.05) is 0 Å². The van der Waals surface area contributed by atoms with Gasteiger partial charge in [0, 0.05) is 4.87 Å². The van der Waals surface area contributed by atoms with Gasteiger partial charge in [-0.05, 0) is 26.7 Å². The maximum absolute atomic E-state index is 12.5. The Morgan fingerprint density at radius 3 is 1.55 bits per heavy atom. The van der Waals surface area contributed by atoms with E-state index in [-0.39, 0.29) is 11.4 Å². The fourth-order valence-corrected chi connectivity index (χ4v) is 5.72. The molecule has 2 nitrogen and oxygen atoms in total. The quantitative estimate of drug-likeness (QED) is 0.0913. The van der Waals surface area contributed by atoms with Crippen LogP contribution in [0.15, 0.2) is 0 Å². The normalized spacial score (nSPS) is 13.2. The van der Waals surface area contributed by atoms with Crippen LogP contribution in [0.25, 0.3) is 0 Å². The summed E-state index contributed by atoms with van der Waals surface area (Å²) in [6.07, 6.45) is 26.3. The van der Waals surface area contributed by atoms with Crippen molar-refractivity contribution in [3.05, 3.63) is 0 Å². The van der Waals surface area contributed by atoms with Gasteiger partial charge in [-0.15, -0.1) is 0 Å². The Kier molecular flexibility index (Phi) is 21.9. The summed E-state index contributed by atoms with van der Waals surface area (Å²) < 4.78 is 5.72. The minimum absolute atomic E-state index is 0.0152. The molecule has 0 saturated heterocycles. The molecule has 0 aliphatic rings. The highest BCUT2D eigenvalue weighted by Gasteiger charge is 2.28. The number of rotatable bonds is 23. The third-order valence-corrected chi connectivity index (χ3v) is 8.43. The first-order valence-electron chi connectivity index (χ1n) is 13.8. The van der Waals surface area contributed by atoms with Crippen molar-refractivity contribution in [2.24, 2.45) is 5.41 Å². The molecule has 31 heavy (non-hydrogen) atoms. The van der Waals surface area contributed by atoms with Gasteiger partial charge in [-0.3, -0.25) is 4.79 Å². The summed E-state index contributed by atoms with van der Waals surface area (Å²) in [7, 11) is -0.866. The summed E-state index contributed by atoms with van der Waals surface area (Å²) in [6, 6.07) is 0. The van der Waals surface area contributed by atoms with Crippen LogP contribution in [0.3, 0.4) is 0 Å². The fraction of sp³-hybridized carbons (Fsp3) is 0.963. The molecule has 0 fully saturated rings. The molecule has 0 heterocycles. The van der Waals surface area contributed by atoms with Gasteiger partial charge in [-0.1, -0.05) is 129 Å². The average molecular weight is 473 g/mol. The molecule has 0 aliphatic heterocycles. The van der Waals surface area contributed by atoms with E-state index < -0.39 is 9.76 Å². The molecule has 1 atom stereocenters. The van der Waals surface area contributed by atoms with Gasteiger partial charge < -0.3 is 4.43 Å². The van der Waals surface area contributed by atoms with Crippen molar-refractivity contribution in [3.63, 3.8) is 0 Å². The molecule has 0 spiro atoms. The van der Waals surface area contributed by atoms with Crippen LogP contribution in [0, 0.1) is 5.41 Å². The molecular weight excluding hydrogens is 416 g/mol. The van der Waals surface area contributed by atoms with E-state index in [1.54, 1.807) is 0 Å². The number of unbranched alkanes of at least 4 members (excludes halogenated alkanes) is 16. The van der Waals surface area contributed by atoms with Crippen LogP contribution in [0.4, 0.5) is 0 Å². The summed E-state index contributed by atoms with van der Waals surface area (Å²) in [4.78, 5) is 12.8. The van der Waals surface area contributed by atoms with Crippen molar-refractivity contribution in [1.29, 1.82) is 0 Å². The number of thiol groups is 1. The van der Waals surface area contributed by atoms with Crippen LogP contribution >= 0.6 is 12.6 Å². The number of carbonyl (C=O) groups excluding carboxylic acids is 1. The molecule has 0 aromatic carbocycles. The lowest BCUT2D eigenvalue weighted by molar-refractivity contribution is -0.144. The van der Waals surface area contributed by atoms with Gasteiger partial charge in [-0.2, -0.15) is 12.6 Å². The molecule has 0 radical (unpaired) electrons. The van der Waals surface area contributed by atoms with E-state index in [4.69, 9.17) is 4.43 Å². The van der Waals surface area contributed by atoms with Crippen LogP contribution in [0.5, 0.6) is 0 Å². The predicted molar refractivity (Wildman–Crippen MR) is 145 cm³/mol. The zero-order valence-electron chi connectivity index (χ0n) is 21.7. The van der Waals surface area contributed by atoms with Crippen LogP contribution in [-0.2, 0) is 9.22 Å². The lowest BCUT2D eigenvalue weighted by Gasteiger charge is -2.24. The molecule has 0 N–H and O–H groups in total. The highest BCUT2D eigenvalue weighted by molar-refractivity contribution is 7.82. The first-order valence-corrected chi connectivity index (χ1v) is 15.7. The SMILES string of the molecule is CCCCCCCCCCCCCCCCC(C)(C)C(=O)O[SiH2]C(S)CCCCCC. The van der Waals surface area contributed by atoms with Crippen LogP contribution in [0.1, 0.15) is 156 Å². The number of hydrogen-bond donors (Lipinski definition) is 1. The average Bonchev–Trinajstić information content (AvgIpc) is 2.75. The van der Waals surface area contributed by atoms with Crippen molar-refractivity contribution in [3.8, 4) is 0 Å². The Bertz CT molecular complexity index is 401. The van der Waals surface area contributed by atoms with Gasteiger partial charge in [0.2, 0.25) is 9.76 Å². The molecule has 186 valence electrons. The summed E-state index contributed by atoms with van der Waals surface area (Å²) >= 11 is 4.65. The second kappa shape index (κ2) is 21.9.